The largest absolute Gasteiger partial charge is 0.366 e. The topological polar surface area (TPSA) is 42.2 Å². The standard InChI is InChI=1S/C16H21N3/c1-12-5-4-10-19(16(12)11-17)15-8-9-18-14-7-3-2-6-13(14)15/h2-3,6-9,12,16H,4-5,10-11,17H2,1H3. The molecule has 2 unspecified atom stereocenters. The molecule has 1 aromatic carbocycles. The van der Waals surface area contributed by atoms with E-state index in [4.69, 9.17) is 5.73 Å². The fourth-order valence-corrected chi connectivity index (χ4v) is 3.24. The molecule has 100 valence electrons. The highest BCUT2D eigenvalue weighted by molar-refractivity contribution is 5.91. The summed E-state index contributed by atoms with van der Waals surface area (Å²) in [7, 11) is 0. The van der Waals surface area contributed by atoms with E-state index >= 15 is 0 Å². The summed E-state index contributed by atoms with van der Waals surface area (Å²) in [5.41, 5.74) is 8.36. The second-order valence-electron chi connectivity index (χ2n) is 5.46. The van der Waals surface area contributed by atoms with E-state index in [0.29, 0.717) is 12.0 Å². The Kier molecular flexibility index (Phi) is 3.38. The molecule has 1 aromatic heterocycles. The van der Waals surface area contributed by atoms with Gasteiger partial charge in [-0.3, -0.25) is 4.98 Å². The van der Waals surface area contributed by atoms with Crippen LogP contribution in [0, 0.1) is 5.92 Å². The van der Waals surface area contributed by atoms with Gasteiger partial charge in [-0.1, -0.05) is 25.1 Å². The number of para-hydroxylation sites is 1. The van der Waals surface area contributed by atoms with Crippen molar-refractivity contribution in [2.24, 2.45) is 11.7 Å². The maximum atomic E-state index is 6.01. The summed E-state index contributed by atoms with van der Waals surface area (Å²) in [6.07, 6.45) is 4.43. The van der Waals surface area contributed by atoms with Crippen molar-refractivity contribution >= 4 is 16.6 Å². The third-order valence-corrected chi connectivity index (χ3v) is 4.29. The van der Waals surface area contributed by atoms with Gasteiger partial charge in [0.25, 0.3) is 0 Å². The van der Waals surface area contributed by atoms with Crippen molar-refractivity contribution in [1.82, 2.24) is 4.98 Å². The zero-order chi connectivity index (χ0) is 13.2. The van der Waals surface area contributed by atoms with Gasteiger partial charge in [-0.05, 0) is 30.9 Å². The second kappa shape index (κ2) is 5.17. The lowest BCUT2D eigenvalue weighted by atomic mass is 9.90. The number of anilines is 1. The van der Waals surface area contributed by atoms with Crippen molar-refractivity contribution in [3.63, 3.8) is 0 Å². The zero-order valence-corrected chi connectivity index (χ0v) is 11.4. The van der Waals surface area contributed by atoms with E-state index in [1.807, 2.05) is 12.3 Å². The molecule has 0 spiro atoms. The quantitative estimate of drug-likeness (QED) is 0.897. The van der Waals surface area contributed by atoms with Gasteiger partial charge >= 0.3 is 0 Å². The minimum absolute atomic E-state index is 0.444. The maximum absolute atomic E-state index is 6.01. The molecular formula is C16H21N3. The number of nitrogens with zero attached hydrogens (tertiary/aromatic N) is 2. The van der Waals surface area contributed by atoms with E-state index in [2.05, 4.69) is 41.1 Å². The molecule has 0 saturated carbocycles. The monoisotopic (exact) mass is 255 g/mol. The van der Waals surface area contributed by atoms with Crippen LogP contribution in [0.15, 0.2) is 36.5 Å². The molecule has 2 N–H and O–H groups in total. The van der Waals surface area contributed by atoms with Gasteiger partial charge in [0.15, 0.2) is 0 Å². The highest BCUT2D eigenvalue weighted by Crippen LogP contribution is 2.32. The van der Waals surface area contributed by atoms with Crippen molar-refractivity contribution in [1.29, 1.82) is 0 Å². The van der Waals surface area contributed by atoms with Gasteiger partial charge in [0.1, 0.15) is 0 Å². The van der Waals surface area contributed by atoms with E-state index < -0.39 is 0 Å². The predicted molar refractivity (Wildman–Crippen MR) is 80.3 cm³/mol. The Hall–Kier alpha value is -1.61. The lowest BCUT2D eigenvalue weighted by molar-refractivity contribution is 0.350. The van der Waals surface area contributed by atoms with E-state index in [1.165, 1.54) is 23.9 Å². The first kappa shape index (κ1) is 12.4. The number of piperidine rings is 1. The highest BCUT2D eigenvalue weighted by atomic mass is 15.2. The molecule has 3 heteroatoms. The third-order valence-electron chi connectivity index (χ3n) is 4.29. The Labute approximate surface area is 114 Å². The van der Waals surface area contributed by atoms with Gasteiger partial charge in [-0.15, -0.1) is 0 Å². The maximum Gasteiger partial charge on any atom is 0.0722 e. The first-order valence-electron chi connectivity index (χ1n) is 7.11. The summed E-state index contributed by atoms with van der Waals surface area (Å²) < 4.78 is 0. The summed E-state index contributed by atoms with van der Waals surface area (Å²) in [6, 6.07) is 10.9. The molecule has 2 heterocycles. The smallest absolute Gasteiger partial charge is 0.0722 e. The lowest BCUT2D eigenvalue weighted by Gasteiger charge is -2.41. The fourth-order valence-electron chi connectivity index (χ4n) is 3.24. The molecule has 0 bridgehead atoms. The Morgan fingerprint density at radius 1 is 1.32 bits per heavy atom. The molecule has 3 nitrogen and oxygen atoms in total. The number of pyridine rings is 1. The molecule has 1 saturated heterocycles. The number of hydrogen-bond donors (Lipinski definition) is 1. The van der Waals surface area contributed by atoms with Gasteiger partial charge < -0.3 is 10.6 Å². The minimum Gasteiger partial charge on any atom is -0.366 e. The number of fused-ring (bicyclic) bond motifs is 1. The summed E-state index contributed by atoms with van der Waals surface area (Å²) in [6.45, 7) is 4.13. The van der Waals surface area contributed by atoms with Gasteiger partial charge in [-0.25, -0.2) is 0 Å². The molecule has 1 fully saturated rings. The van der Waals surface area contributed by atoms with Crippen LogP contribution >= 0.6 is 0 Å². The molecule has 3 rings (SSSR count). The fraction of sp³-hybridized carbons (Fsp3) is 0.438. The summed E-state index contributed by atoms with van der Waals surface area (Å²) in [4.78, 5) is 6.93. The molecule has 0 aliphatic carbocycles. The summed E-state index contributed by atoms with van der Waals surface area (Å²) in [5, 5.41) is 1.23. The third kappa shape index (κ3) is 2.19. The molecule has 19 heavy (non-hydrogen) atoms. The van der Waals surface area contributed by atoms with Crippen LogP contribution in [-0.4, -0.2) is 24.1 Å². The Bertz CT molecular complexity index is 561. The lowest BCUT2D eigenvalue weighted by Crippen LogP contribution is -2.48. The van der Waals surface area contributed by atoms with Crippen molar-refractivity contribution in [3.8, 4) is 0 Å². The van der Waals surface area contributed by atoms with Crippen LogP contribution in [0.2, 0.25) is 0 Å². The molecule has 1 aliphatic rings. The number of nitrogens with two attached hydrogens (primary N) is 1. The van der Waals surface area contributed by atoms with E-state index in [1.54, 1.807) is 0 Å². The predicted octanol–water partition coefficient (Wildman–Crippen LogP) is 2.80. The Morgan fingerprint density at radius 2 is 2.16 bits per heavy atom. The first-order chi connectivity index (χ1) is 9.31. The normalized spacial score (nSPS) is 23.8. The van der Waals surface area contributed by atoms with Gasteiger partial charge in [0, 0.05) is 36.4 Å². The van der Waals surface area contributed by atoms with Crippen LogP contribution in [0.5, 0.6) is 0 Å². The number of aromatic nitrogens is 1. The van der Waals surface area contributed by atoms with Crippen molar-refractivity contribution in [2.45, 2.75) is 25.8 Å². The second-order valence-corrected chi connectivity index (χ2v) is 5.46. The van der Waals surface area contributed by atoms with Gasteiger partial charge in [0.05, 0.1) is 5.52 Å². The van der Waals surface area contributed by atoms with E-state index in [-0.39, 0.29) is 0 Å². The Balaban J connectivity index is 2.07. The molecule has 0 amide bonds. The zero-order valence-electron chi connectivity index (χ0n) is 11.4. The molecule has 0 radical (unpaired) electrons. The first-order valence-corrected chi connectivity index (χ1v) is 7.11. The van der Waals surface area contributed by atoms with Crippen LogP contribution < -0.4 is 10.6 Å². The Morgan fingerprint density at radius 3 is 3.00 bits per heavy atom. The minimum atomic E-state index is 0.444. The molecule has 2 aromatic rings. The van der Waals surface area contributed by atoms with Crippen molar-refractivity contribution in [2.75, 3.05) is 18.0 Å². The van der Waals surface area contributed by atoms with Crippen LogP contribution in [0.1, 0.15) is 19.8 Å². The summed E-state index contributed by atoms with van der Waals surface area (Å²) >= 11 is 0. The van der Waals surface area contributed by atoms with Gasteiger partial charge in [0.2, 0.25) is 0 Å². The summed E-state index contributed by atoms with van der Waals surface area (Å²) in [5.74, 6) is 0.658. The van der Waals surface area contributed by atoms with Crippen LogP contribution in [0.4, 0.5) is 5.69 Å². The molecule has 2 atom stereocenters. The SMILES string of the molecule is CC1CCCN(c2ccnc3ccccc23)C1CN. The number of hydrogen-bond acceptors (Lipinski definition) is 3. The van der Waals surface area contributed by atoms with Crippen LogP contribution in [-0.2, 0) is 0 Å². The van der Waals surface area contributed by atoms with E-state index in [9.17, 15) is 0 Å². The number of benzene rings is 1. The average molecular weight is 255 g/mol. The average Bonchev–Trinajstić information content (AvgIpc) is 2.46. The van der Waals surface area contributed by atoms with Crippen molar-refractivity contribution in [3.05, 3.63) is 36.5 Å². The van der Waals surface area contributed by atoms with Crippen LogP contribution in [0.3, 0.4) is 0 Å². The van der Waals surface area contributed by atoms with Crippen LogP contribution in [0.25, 0.3) is 10.9 Å². The number of rotatable bonds is 2. The van der Waals surface area contributed by atoms with Crippen molar-refractivity contribution < 1.29 is 0 Å². The molecule has 1 aliphatic heterocycles. The van der Waals surface area contributed by atoms with E-state index in [0.717, 1.165) is 18.6 Å². The van der Waals surface area contributed by atoms with Gasteiger partial charge in [-0.2, -0.15) is 0 Å². The molecular weight excluding hydrogens is 234 g/mol. The highest BCUT2D eigenvalue weighted by Gasteiger charge is 2.28.